The van der Waals surface area contributed by atoms with Crippen LogP contribution in [0.5, 0.6) is 0 Å². The van der Waals surface area contributed by atoms with Crippen molar-refractivity contribution in [2.24, 2.45) is 5.41 Å². The van der Waals surface area contributed by atoms with Gasteiger partial charge in [-0.3, -0.25) is 9.97 Å². The van der Waals surface area contributed by atoms with Gasteiger partial charge in [0, 0.05) is 43.7 Å². The summed E-state index contributed by atoms with van der Waals surface area (Å²) in [6.07, 6.45) is 9.91. The molecule has 4 heteroatoms. The molecule has 0 radical (unpaired) electrons. The molecule has 1 aromatic rings. The summed E-state index contributed by atoms with van der Waals surface area (Å²) in [7, 11) is 0. The number of nitrogens with zero attached hydrogens (tertiary/aromatic N) is 2. The summed E-state index contributed by atoms with van der Waals surface area (Å²) in [5.41, 5.74) is 1.07. The van der Waals surface area contributed by atoms with Crippen LogP contribution in [-0.2, 0) is 6.54 Å². The molecule has 0 spiro atoms. The normalized spacial score (nSPS) is 18.8. The van der Waals surface area contributed by atoms with Crippen molar-refractivity contribution in [1.29, 1.82) is 0 Å². The summed E-state index contributed by atoms with van der Waals surface area (Å²) < 4.78 is 0. The van der Waals surface area contributed by atoms with Gasteiger partial charge in [0.1, 0.15) is 0 Å². The van der Waals surface area contributed by atoms with E-state index in [4.69, 9.17) is 0 Å². The predicted octanol–water partition coefficient (Wildman–Crippen LogP) is 1.12. The molecule has 2 N–H and O–H groups in total. The summed E-state index contributed by atoms with van der Waals surface area (Å²) in [4.78, 5) is 8.22. The van der Waals surface area contributed by atoms with Crippen molar-refractivity contribution in [2.45, 2.75) is 32.2 Å². The molecule has 0 bridgehead atoms. The van der Waals surface area contributed by atoms with Gasteiger partial charge in [0.2, 0.25) is 0 Å². The van der Waals surface area contributed by atoms with Crippen molar-refractivity contribution >= 4 is 0 Å². The molecule has 4 nitrogen and oxygen atoms in total. The zero-order valence-electron chi connectivity index (χ0n) is 9.52. The van der Waals surface area contributed by atoms with Gasteiger partial charge in [0.15, 0.2) is 0 Å². The number of hydrogen-bond acceptors (Lipinski definition) is 4. The predicted molar refractivity (Wildman–Crippen MR) is 61.7 cm³/mol. The minimum atomic E-state index is 0.113. The molecule has 1 fully saturated rings. The second-order valence-corrected chi connectivity index (χ2v) is 4.67. The van der Waals surface area contributed by atoms with E-state index in [0.29, 0.717) is 6.61 Å². The average Bonchev–Trinajstić information content (AvgIpc) is 2.80. The number of aliphatic hydroxyl groups is 1. The van der Waals surface area contributed by atoms with Crippen LogP contribution in [0, 0.1) is 5.41 Å². The lowest BCUT2D eigenvalue weighted by Crippen LogP contribution is -2.35. The molecule has 1 aliphatic rings. The van der Waals surface area contributed by atoms with Crippen LogP contribution in [0.4, 0.5) is 0 Å². The van der Waals surface area contributed by atoms with Crippen LogP contribution in [0.3, 0.4) is 0 Å². The maximum Gasteiger partial charge on any atom is 0.0724 e. The lowest BCUT2D eigenvalue weighted by Gasteiger charge is -2.26. The van der Waals surface area contributed by atoms with Crippen LogP contribution in [-0.4, -0.2) is 28.2 Å². The van der Waals surface area contributed by atoms with E-state index in [2.05, 4.69) is 15.3 Å². The van der Waals surface area contributed by atoms with Gasteiger partial charge in [0.25, 0.3) is 0 Å². The molecule has 2 rings (SSSR count). The van der Waals surface area contributed by atoms with E-state index >= 15 is 0 Å². The van der Waals surface area contributed by atoms with Gasteiger partial charge >= 0.3 is 0 Å². The Morgan fingerprint density at radius 3 is 2.75 bits per heavy atom. The zero-order valence-corrected chi connectivity index (χ0v) is 9.52. The molecule has 88 valence electrons. The van der Waals surface area contributed by atoms with Crippen molar-refractivity contribution in [2.75, 3.05) is 13.2 Å². The third kappa shape index (κ3) is 2.77. The summed E-state index contributed by atoms with van der Waals surface area (Å²) in [6.45, 7) is 1.90. The Morgan fingerprint density at radius 2 is 2.12 bits per heavy atom. The third-order valence-corrected chi connectivity index (χ3v) is 3.42. The van der Waals surface area contributed by atoms with Crippen molar-refractivity contribution < 1.29 is 5.11 Å². The molecule has 0 amide bonds. The smallest absolute Gasteiger partial charge is 0.0724 e. The Balaban J connectivity index is 1.79. The van der Waals surface area contributed by atoms with Crippen molar-refractivity contribution in [3.05, 3.63) is 24.3 Å². The molecule has 0 atom stereocenters. The highest BCUT2D eigenvalue weighted by atomic mass is 16.3. The summed E-state index contributed by atoms with van der Waals surface area (Å²) >= 11 is 0. The van der Waals surface area contributed by atoms with Crippen LogP contribution in [0.2, 0.25) is 0 Å². The Bertz CT molecular complexity index is 309. The first-order valence-electron chi connectivity index (χ1n) is 5.91. The molecule has 0 aromatic carbocycles. The van der Waals surface area contributed by atoms with Crippen LogP contribution in [0.25, 0.3) is 0 Å². The second kappa shape index (κ2) is 5.37. The van der Waals surface area contributed by atoms with Crippen LogP contribution < -0.4 is 5.32 Å². The van der Waals surface area contributed by atoms with E-state index < -0.39 is 0 Å². The lowest BCUT2D eigenvalue weighted by molar-refractivity contribution is 0.128. The van der Waals surface area contributed by atoms with Crippen molar-refractivity contribution in [1.82, 2.24) is 15.3 Å². The largest absolute Gasteiger partial charge is 0.396 e. The lowest BCUT2D eigenvalue weighted by atomic mass is 9.87. The minimum Gasteiger partial charge on any atom is -0.396 e. The van der Waals surface area contributed by atoms with Gasteiger partial charge in [-0.1, -0.05) is 12.8 Å². The molecular formula is C12H19N3O. The monoisotopic (exact) mass is 221 g/mol. The van der Waals surface area contributed by atoms with E-state index in [0.717, 1.165) is 31.6 Å². The van der Waals surface area contributed by atoms with Gasteiger partial charge in [-0.05, 0) is 12.8 Å². The van der Waals surface area contributed by atoms with Crippen molar-refractivity contribution in [3.63, 3.8) is 0 Å². The number of aromatic nitrogens is 2. The van der Waals surface area contributed by atoms with Crippen molar-refractivity contribution in [3.8, 4) is 0 Å². The van der Waals surface area contributed by atoms with Gasteiger partial charge in [0.05, 0.1) is 5.69 Å². The Kier molecular flexibility index (Phi) is 3.85. The maximum absolute atomic E-state index is 9.45. The van der Waals surface area contributed by atoms with Crippen LogP contribution in [0.1, 0.15) is 31.4 Å². The summed E-state index contributed by atoms with van der Waals surface area (Å²) in [5, 5.41) is 12.8. The molecular weight excluding hydrogens is 202 g/mol. The topological polar surface area (TPSA) is 58.0 Å². The highest BCUT2D eigenvalue weighted by Crippen LogP contribution is 2.36. The summed E-state index contributed by atoms with van der Waals surface area (Å²) in [5.74, 6) is 0. The molecule has 0 saturated heterocycles. The average molecular weight is 221 g/mol. The SMILES string of the molecule is OCC1(CNCc2cnccn2)CCCC1. The molecule has 0 unspecified atom stereocenters. The minimum absolute atomic E-state index is 0.113. The Labute approximate surface area is 96.1 Å². The highest BCUT2D eigenvalue weighted by molar-refractivity contribution is 4.94. The molecule has 16 heavy (non-hydrogen) atoms. The zero-order chi connectivity index (χ0) is 11.3. The number of nitrogens with one attached hydrogen (secondary N) is 1. The first kappa shape index (κ1) is 11.5. The van der Waals surface area contributed by atoms with E-state index in [1.165, 1.54) is 12.8 Å². The maximum atomic E-state index is 9.45. The van der Waals surface area contributed by atoms with Gasteiger partial charge in [-0.15, -0.1) is 0 Å². The van der Waals surface area contributed by atoms with Gasteiger partial charge in [-0.2, -0.15) is 0 Å². The number of hydrogen-bond donors (Lipinski definition) is 2. The molecule has 0 aliphatic heterocycles. The van der Waals surface area contributed by atoms with Gasteiger partial charge in [-0.25, -0.2) is 0 Å². The Hall–Kier alpha value is -1.00. The van der Waals surface area contributed by atoms with E-state index in [1.807, 2.05) is 0 Å². The molecule has 1 aliphatic carbocycles. The van der Waals surface area contributed by atoms with E-state index in [9.17, 15) is 5.11 Å². The van der Waals surface area contributed by atoms with E-state index in [-0.39, 0.29) is 5.41 Å². The highest BCUT2D eigenvalue weighted by Gasteiger charge is 2.32. The molecule has 1 heterocycles. The third-order valence-electron chi connectivity index (χ3n) is 3.42. The standard InChI is InChI=1S/C12H19N3O/c16-10-12(3-1-2-4-12)9-14-8-11-7-13-5-6-15-11/h5-7,14,16H,1-4,8-10H2. The fourth-order valence-corrected chi connectivity index (χ4v) is 2.39. The summed E-state index contributed by atoms with van der Waals surface area (Å²) in [6, 6.07) is 0. The first-order chi connectivity index (χ1) is 7.85. The number of aliphatic hydroxyl groups excluding tert-OH is 1. The van der Waals surface area contributed by atoms with Crippen LogP contribution in [0.15, 0.2) is 18.6 Å². The van der Waals surface area contributed by atoms with Crippen LogP contribution >= 0.6 is 0 Å². The van der Waals surface area contributed by atoms with Gasteiger partial charge < -0.3 is 10.4 Å². The number of rotatable bonds is 5. The Morgan fingerprint density at radius 1 is 1.31 bits per heavy atom. The molecule has 1 saturated carbocycles. The quantitative estimate of drug-likeness (QED) is 0.782. The fraction of sp³-hybridized carbons (Fsp3) is 0.667. The second-order valence-electron chi connectivity index (χ2n) is 4.67. The van der Waals surface area contributed by atoms with E-state index in [1.54, 1.807) is 18.6 Å². The first-order valence-corrected chi connectivity index (χ1v) is 5.91. The fourth-order valence-electron chi connectivity index (χ4n) is 2.39. The molecule has 1 aromatic heterocycles.